The maximum absolute atomic E-state index is 14.2. The van der Waals surface area contributed by atoms with Crippen LogP contribution in [0.3, 0.4) is 0 Å². The van der Waals surface area contributed by atoms with Gasteiger partial charge in [0.25, 0.3) is 0 Å². The summed E-state index contributed by atoms with van der Waals surface area (Å²) in [6.07, 6.45) is 1.80. The van der Waals surface area contributed by atoms with Crippen molar-refractivity contribution in [3.05, 3.63) is 98.4 Å². The number of aromatic amines is 1. The molecule has 0 saturated heterocycles. The van der Waals surface area contributed by atoms with Gasteiger partial charge < -0.3 is 4.74 Å². The van der Waals surface area contributed by atoms with Crippen molar-refractivity contribution in [2.24, 2.45) is 0 Å². The van der Waals surface area contributed by atoms with Crippen LogP contribution in [-0.2, 0) is 23.2 Å². The molecule has 4 aromatic rings. The first kappa shape index (κ1) is 23.5. The van der Waals surface area contributed by atoms with Crippen molar-refractivity contribution < 1.29 is 9.53 Å². The maximum Gasteiger partial charge on any atom is 0.361 e. The molecule has 0 fully saturated rings. The molecule has 0 radical (unpaired) electrons. The molecule has 2 aliphatic heterocycles. The van der Waals surface area contributed by atoms with Gasteiger partial charge in [-0.25, -0.2) is 9.89 Å². The Hall–Kier alpha value is -3.91. The Bertz CT molecular complexity index is 1590. The summed E-state index contributed by atoms with van der Waals surface area (Å²) < 4.78 is 7.42. The number of halogens is 1. The lowest BCUT2D eigenvalue weighted by Gasteiger charge is -2.34. The van der Waals surface area contributed by atoms with Gasteiger partial charge in [0.1, 0.15) is 11.4 Å². The molecule has 0 saturated carbocycles. The number of tetrazole rings is 1. The Balaban J connectivity index is 1.39. The molecule has 9 heteroatoms. The predicted molar refractivity (Wildman–Crippen MR) is 141 cm³/mol. The molecule has 0 aliphatic carbocycles. The van der Waals surface area contributed by atoms with Crippen molar-refractivity contribution in [3.63, 3.8) is 0 Å². The van der Waals surface area contributed by atoms with Gasteiger partial charge in [-0.05, 0) is 103 Å². The van der Waals surface area contributed by atoms with Gasteiger partial charge in [0.05, 0.1) is 17.6 Å². The van der Waals surface area contributed by atoms with E-state index in [1.807, 2.05) is 55.5 Å². The van der Waals surface area contributed by atoms with Gasteiger partial charge in [-0.2, -0.15) is 4.68 Å². The van der Waals surface area contributed by atoms with Crippen LogP contribution in [0, 0.1) is 0 Å². The largest absolute Gasteiger partial charge is 0.488 e. The van der Waals surface area contributed by atoms with Gasteiger partial charge in [0.15, 0.2) is 0 Å². The maximum atomic E-state index is 14.2. The van der Waals surface area contributed by atoms with Gasteiger partial charge in [-0.3, -0.25) is 9.69 Å². The van der Waals surface area contributed by atoms with E-state index in [0.717, 1.165) is 52.2 Å². The van der Waals surface area contributed by atoms with Gasteiger partial charge in [-0.1, -0.05) is 35.9 Å². The Labute approximate surface area is 218 Å². The summed E-state index contributed by atoms with van der Waals surface area (Å²) in [6.45, 7) is 6.43. The SMILES string of the molecule is CC1(C)CCc2cc(C3(C)C(=O)N(c4ccc(Cn5nn[nH]c5=O)cc4)c4ccc(Cl)cc43)ccc2O1. The average Bonchev–Trinajstić information content (AvgIpc) is 3.37. The van der Waals surface area contributed by atoms with E-state index in [0.29, 0.717) is 5.02 Å². The molecular formula is C28H26ClN5O3. The number of aryl methyl sites for hydroxylation is 1. The molecule has 0 spiro atoms. The van der Waals surface area contributed by atoms with E-state index < -0.39 is 5.41 Å². The minimum Gasteiger partial charge on any atom is -0.488 e. The Morgan fingerprint density at radius 2 is 1.81 bits per heavy atom. The third kappa shape index (κ3) is 3.83. The Morgan fingerprint density at radius 1 is 1.03 bits per heavy atom. The molecule has 1 atom stereocenters. The fourth-order valence-corrected chi connectivity index (χ4v) is 5.47. The molecule has 37 heavy (non-hydrogen) atoms. The van der Waals surface area contributed by atoms with E-state index in [1.165, 1.54) is 4.68 Å². The number of hydrogen-bond donors (Lipinski definition) is 1. The summed E-state index contributed by atoms with van der Waals surface area (Å²) in [5.41, 5.74) is 3.78. The molecule has 3 heterocycles. The number of fused-ring (bicyclic) bond motifs is 2. The van der Waals surface area contributed by atoms with Crippen molar-refractivity contribution in [1.29, 1.82) is 0 Å². The predicted octanol–water partition coefficient (Wildman–Crippen LogP) is 4.76. The van der Waals surface area contributed by atoms with Crippen molar-refractivity contribution in [2.45, 2.75) is 51.2 Å². The van der Waals surface area contributed by atoms with Crippen molar-refractivity contribution >= 4 is 28.9 Å². The number of carbonyl (C=O) groups excluding carboxylic acids is 1. The van der Waals surface area contributed by atoms with Crippen LogP contribution in [0.2, 0.25) is 5.02 Å². The van der Waals surface area contributed by atoms with E-state index >= 15 is 0 Å². The highest BCUT2D eigenvalue weighted by molar-refractivity contribution is 6.31. The molecule has 1 unspecified atom stereocenters. The number of anilines is 2. The number of nitrogens with zero attached hydrogens (tertiary/aromatic N) is 4. The Morgan fingerprint density at radius 3 is 2.54 bits per heavy atom. The minimum atomic E-state index is -0.922. The average molecular weight is 516 g/mol. The van der Waals surface area contributed by atoms with Crippen LogP contribution in [0.1, 0.15) is 49.4 Å². The van der Waals surface area contributed by atoms with Crippen molar-refractivity contribution in [3.8, 4) is 5.75 Å². The number of H-pyrrole nitrogens is 1. The first-order valence-corrected chi connectivity index (χ1v) is 12.6. The molecule has 2 aliphatic rings. The highest BCUT2D eigenvalue weighted by Gasteiger charge is 2.49. The second-order valence-corrected chi connectivity index (χ2v) is 10.9. The number of nitrogens with one attached hydrogen (secondary N) is 1. The number of benzene rings is 3. The second kappa shape index (κ2) is 8.31. The highest BCUT2D eigenvalue weighted by Crippen LogP contribution is 2.50. The summed E-state index contributed by atoms with van der Waals surface area (Å²) in [7, 11) is 0. The van der Waals surface area contributed by atoms with Crippen LogP contribution in [0.15, 0.2) is 65.5 Å². The minimum absolute atomic E-state index is 0.0535. The van der Waals surface area contributed by atoms with Crippen LogP contribution < -0.4 is 15.3 Å². The highest BCUT2D eigenvalue weighted by atomic mass is 35.5. The summed E-state index contributed by atoms with van der Waals surface area (Å²) in [5, 5.41) is 10.2. The smallest absolute Gasteiger partial charge is 0.361 e. The molecule has 0 bridgehead atoms. The lowest BCUT2D eigenvalue weighted by molar-refractivity contribution is -0.120. The van der Waals surface area contributed by atoms with E-state index in [-0.39, 0.29) is 23.7 Å². The van der Waals surface area contributed by atoms with Gasteiger partial charge >= 0.3 is 5.69 Å². The Kier molecular flexibility index (Phi) is 5.28. The molecule has 3 aromatic carbocycles. The lowest BCUT2D eigenvalue weighted by atomic mass is 9.76. The summed E-state index contributed by atoms with van der Waals surface area (Å²) >= 11 is 6.44. The monoisotopic (exact) mass is 515 g/mol. The quantitative estimate of drug-likeness (QED) is 0.423. The first-order chi connectivity index (χ1) is 17.7. The third-order valence-electron chi connectivity index (χ3n) is 7.45. The standard InChI is InChI=1S/C28H26ClN5O3/c1-27(2)13-12-18-14-19(6-11-24(18)37-27)28(3)22-15-20(29)7-10-23(22)34(25(28)35)21-8-4-17(5-9-21)16-33-26(36)30-31-32-33/h4-11,14-15H,12-13,16H2,1-3H3,(H,30,32,36). The van der Waals surface area contributed by atoms with Crippen molar-refractivity contribution in [1.82, 2.24) is 20.2 Å². The van der Waals surface area contributed by atoms with Crippen molar-refractivity contribution in [2.75, 3.05) is 4.90 Å². The molecule has 1 amide bonds. The second-order valence-electron chi connectivity index (χ2n) is 10.4. The van der Waals surface area contributed by atoms with E-state index in [1.54, 1.807) is 11.0 Å². The summed E-state index contributed by atoms with van der Waals surface area (Å²) in [5.74, 6) is 0.821. The van der Waals surface area contributed by atoms with Crippen LogP contribution in [0.25, 0.3) is 0 Å². The van der Waals surface area contributed by atoms with Gasteiger partial charge in [0, 0.05) is 10.7 Å². The zero-order chi connectivity index (χ0) is 25.9. The van der Waals surface area contributed by atoms with Crippen LogP contribution in [0.5, 0.6) is 5.75 Å². The lowest BCUT2D eigenvalue weighted by Crippen LogP contribution is -2.37. The van der Waals surface area contributed by atoms with Crippen LogP contribution in [0.4, 0.5) is 11.4 Å². The number of rotatable bonds is 4. The molecule has 8 nitrogen and oxygen atoms in total. The third-order valence-corrected chi connectivity index (χ3v) is 7.68. The van der Waals surface area contributed by atoms with E-state index in [4.69, 9.17) is 16.3 Å². The van der Waals surface area contributed by atoms with Crippen LogP contribution >= 0.6 is 11.6 Å². The number of hydrogen-bond acceptors (Lipinski definition) is 5. The molecular weight excluding hydrogens is 490 g/mol. The number of ether oxygens (including phenoxy) is 1. The number of carbonyl (C=O) groups is 1. The molecule has 1 aromatic heterocycles. The van der Waals surface area contributed by atoms with E-state index in [9.17, 15) is 9.59 Å². The van der Waals surface area contributed by atoms with E-state index in [2.05, 4.69) is 35.4 Å². The topological polar surface area (TPSA) is 93.1 Å². The zero-order valence-electron chi connectivity index (χ0n) is 20.8. The molecule has 188 valence electrons. The molecule has 6 rings (SSSR count). The van der Waals surface area contributed by atoms with Crippen LogP contribution in [-0.4, -0.2) is 31.7 Å². The summed E-state index contributed by atoms with van der Waals surface area (Å²) in [4.78, 5) is 27.7. The number of aromatic nitrogens is 4. The van der Waals surface area contributed by atoms with Gasteiger partial charge in [0.2, 0.25) is 5.91 Å². The molecule has 1 N–H and O–H groups in total. The fourth-order valence-electron chi connectivity index (χ4n) is 5.30. The zero-order valence-corrected chi connectivity index (χ0v) is 21.5. The summed E-state index contributed by atoms with van der Waals surface area (Å²) in [6, 6.07) is 19.2. The number of amides is 1. The fraction of sp³-hybridized carbons (Fsp3) is 0.286. The van der Waals surface area contributed by atoms with Gasteiger partial charge in [-0.15, -0.1) is 0 Å². The first-order valence-electron chi connectivity index (χ1n) is 12.2. The normalized spacial score (nSPS) is 19.9.